The maximum Gasteiger partial charge on any atom is 0.230 e. The number of hydrogen-bond donors (Lipinski definition) is 1. The van der Waals surface area contributed by atoms with Crippen molar-refractivity contribution >= 4 is 29.0 Å². The maximum atomic E-state index is 12.9. The molecule has 1 aromatic heterocycles. The Labute approximate surface area is 132 Å². The van der Waals surface area contributed by atoms with E-state index < -0.39 is 0 Å². The average Bonchev–Trinajstić information content (AvgIpc) is 2.87. The molecule has 2 aromatic rings. The first kappa shape index (κ1) is 16.0. The van der Waals surface area contributed by atoms with Crippen molar-refractivity contribution in [2.24, 2.45) is 0 Å². The second kappa shape index (κ2) is 7.56. The minimum Gasteiger partial charge on any atom is -0.353 e. The molecule has 0 radical (unpaired) electrons. The molecule has 0 fully saturated rings. The van der Waals surface area contributed by atoms with Crippen molar-refractivity contribution in [3.8, 4) is 10.6 Å². The number of nitrogens with zero attached hydrogens (tertiary/aromatic N) is 1. The fourth-order valence-corrected chi connectivity index (χ4v) is 3.37. The number of benzene rings is 1. The standard InChI is InChI=1S/C15H17FN2OS2/c1-10(2)17-14(19)9-20-7-13-8-21-15(18-13)11-3-5-12(16)6-4-11/h3-6,8,10H,7,9H2,1-2H3,(H,17,19). The van der Waals surface area contributed by atoms with E-state index in [1.54, 1.807) is 12.1 Å². The van der Waals surface area contributed by atoms with Crippen LogP contribution in [-0.4, -0.2) is 22.7 Å². The lowest BCUT2D eigenvalue weighted by Gasteiger charge is -2.07. The van der Waals surface area contributed by atoms with Crippen LogP contribution in [0.25, 0.3) is 10.6 Å². The normalized spacial score (nSPS) is 10.9. The molecule has 0 saturated carbocycles. The van der Waals surface area contributed by atoms with Gasteiger partial charge in [0.2, 0.25) is 5.91 Å². The lowest BCUT2D eigenvalue weighted by atomic mass is 10.2. The molecule has 0 bridgehead atoms. The number of carbonyl (C=O) groups excluding carboxylic acids is 1. The second-order valence-corrected chi connectivity index (χ2v) is 6.71. The summed E-state index contributed by atoms with van der Waals surface area (Å²) in [6.07, 6.45) is 0. The van der Waals surface area contributed by atoms with Crippen LogP contribution in [-0.2, 0) is 10.5 Å². The summed E-state index contributed by atoms with van der Waals surface area (Å²) in [7, 11) is 0. The van der Waals surface area contributed by atoms with E-state index in [-0.39, 0.29) is 17.8 Å². The molecule has 1 heterocycles. The van der Waals surface area contributed by atoms with Crippen molar-refractivity contribution in [3.63, 3.8) is 0 Å². The van der Waals surface area contributed by atoms with Gasteiger partial charge in [-0.2, -0.15) is 0 Å². The molecule has 2 rings (SSSR count). The van der Waals surface area contributed by atoms with Crippen molar-refractivity contribution in [3.05, 3.63) is 41.2 Å². The fourth-order valence-electron chi connectivity index (χ4n) is 1.71. The molecule has 3 nitrogen and oxygen atoms in total. The van der Waals surface area contributed by atoms with Gasteiger partial charge in [-0.15, -0.1) is 23.1 Å². The fraction of sp³-hybridized carbons (Fsp3) is 0.333. The molecular weight excluding hydrogens is 307 g/mol. The monoisotopic (exact) mass is 324 g/mol. The molecule has 0 saturated heterocycles. The zero-order chi connectivity index (χ0) is 15.2. The number of rotatable bonds is 6. The third-order valence-corrected chi connectivity index (χ3v) is 4.48. The molecule has 0 aliphatic carbocycles. The van der Waals surface area contributed by atoms with E-state index in [4.69, 9.17) is 0 Å². The molecule has 0 aliphatic heterocycles. The van der Waals surface area contributed by atoms with E-state index in [1.165, 1.54) is 35.2 Å². The number of aromatic nitrogens is 1. The van der Waals surface area contributed by atoms with Gasteiger partial charge in [0, 0.05) is 22.7 Å². The molecule has 0 aliphatic rings. The summed E-state index contributed by atoms with van der Waals surface area (Å²) in [5, 5.41) is 5.70. The van der Waals surface area contributed by atoms with Crippen LogP contribution in [0.3, 0.4) is 0 Å². The van der Waals surface area contributed by atoms with Gasteiger partial charge in [0.1, 0.15) is 10.8 Å². The topological polar surface area (TPSA) is 42.0 Å². The summed E-state index contributed by atoms with van der Waals surface area (Å²) in [5.74, 6) is 0.927. The minimum absolute atomic E-state index is 0.0454. The highest BCUT2D eigenvalue weighted by atomic mass is 32.2. The van der Waals surface area contributed by atoms with Gasteiger partial charge in [0.05, 0.1) is 11.4 Å². The smallest absolute Gasteiger partial charge is 0.230 e. The number of carbonyl (C=O) groups is 1. The Morgan fingerprint density at radius 2 is 2.10 bits per heavy atom. The Kier molecular flexibility index (Phi) is 5.76. The van der Waals surface area contributed by atoms with Gasteiger partial charge < -0.3 is 5.32 Å². The van der Waals surface area contributed by atoms with Crippen LogP contribution in [0, 0.1) is 5.82 Å². The van der Waals surface area contributed by atoms with Crippen LogP contribution in [0.2, 0.25) is 0 Å². The second-order valence-electron chi connectivity index (χ2n) is 4.87. The van der Waals surface area contributed by atoms with Crippen molar-refractivity contribution in [1.29, 1.82) is 0 Å². The maximum absolute atomic E-state index is 12.9. The number of nitrogens with one attached hydrogen (secondary N) is 1. The van der Waals surface area contributed by atoms with Gasteiger partial charge in [-0.05, 0) is 38.1 Å². The summed E-state index contributed by atoms with van der Waals surface area (Å²) >= 11 is 3.07. The molecule has 0 unspecified atom stereocenters. The largest absolute Gasteiger partial charge is 0.353 e. The van der Waals surface area contributed by atoms with Crippen LogP contribution >= 0.6 is 23.1 Å². The number of halogens is 1. The summed E-state index contributed by atoms with van der Waals surface area (Å²) in [6.45, 7) is 3.88. The van der Waals surface area contributed by atoms with E-state index in [0.717, 1.165) is 16.3 Å². The quantitative estimate of drug-likeness (QED) is 0.881. The van der Waals surface area contributed by atoms with Crippen molar-refractivity contribution in [1.82, 2.24) is 10.3 Å². The average molecular weight is 324 g/mol. The van der Waals surface area contributed by atoms with E-state index in [9.17, 15) is 9.18 Å². The Bertz CT molecular complexity index is 596. The van der Waals surface area contributed by atoms with E-state index in [2.05, 4.69) is 10.3 Å². The summed E-state index contributed by atoms with van der Waals surface area (Å²) in [6, 6.07) is 6.48. The van der Waals surface area contributed by atoms with Crippen LogP contribution in [0.4, 0.5) is 4.39 Å². The Morgan fingerprint density at radius 1 is 1.38 bits per heavy atom. The minimum atomic E-state index is -0.248. The molecule has 1 aromatic carbocycles. The van der Waals surface area contributed by atoms with Gasteiger partial charge >= 0.3 is 0 Å². The highest BCUT2D eigenvalue weighted by Gasteiger charge is 2.07. The van der Waals surface area contributed by atoms with Gasteiger partial charge in [-0.3, -0.25) is 4.79 Å². The predicted octanol–water partition coefficient (Wildman–Crippen LogP) is 3.71. The highest BCUT2D eigenvalue weighted by Crippen LogP contribution is 2.25. The third-order valence-electron chi connectivity index (χ3n) is 2.58. The van der Waals surface area contributed by atoms with Gasteiger partial charge in [0.25, 0.3) is 0 Å². The molecule has 0 atom stereocenters. The Morgan fingerprint density at radius 3 is 2.76 bits per heavy atom. The van der Waals surface area contributed by atoms with Crippen LogP contribution in [0.5, 0.6) is 0 Å². The first-order chi connectivity index (χ1) is 10.0. The van der Waals surface area contributed by atoms with E-state index >= 15 is 0 Å². The Balaban J connectivity index is 1.86. The molecule has 112 valence electrons. The van der Waals surface area contributed by atoms with Crippen LogP contribution in [0.15, 0.2) is 29.6 Å². The number of thioether (sulfide) groups is 1. The number of thiazole rings is 1. The van der Waals surface area contributed by atoms with Crippen molar-refractivity contribution in [2.75, 3.05) is 5.75 Å². The molecule has 1 N–H and O–H groups in total. The first-order valence-electron chi connectivity index (χ1n) is 6.62. The summed E-state index contributed by atoms with van der Waals surface area (Å²) in [4.78, 5) is 16.0. The lowest BCUT2D eigenvalue weighted by Crippen LogP contribution is -2.31. The summed E-state index contributed by atoms with van der Waals surface area (Å²) in [5.41, 5.74) is 1.86. The van der Waals surface area contributed by atoms with Crippen LogP contribution in [0.1, 0.15) is 19.5 Å². The van der Waals surface area contributed by atoms with Crippen molar-refractivity contribution < 1.29 is 9.18 Å². The van der Waals surface area contributed by atoms with Gasteiger partial charge in [-0.25, -0.2) is 9.37 Å². The molecular formula is C15H17FN2OS2. The van der Waals surface area contributed by atoms with E-state index in [1.807, 2.05) is 19.2 Å². The highest BCUT2D eigenvalue weighted by molar-refractivity contribution is 7.99. The molecule has 0 spiro atoms. The molecule has 6 heteroatoms. The van der Waals surface area contributed by atoms with Gasteiger partial charge in [0.15, 0.2) is 0 Å². The zero-order valence-electron chi connectivity index (χ0n) is 11.9. The van der Waals surface area contributed by atoms with E-state index in [0.29, 0.717) is 11.5 Å². The number of hydrogen-bond acceptors (Lipinski definition) is 4. The lowest BCUT2D eigenvalue weighted by molar-refractivity contribution is -0.119. The Hall–Kier alpha value is -1.40. The van der Waals surface area contributed by atoms with Gasteiger partial charge in [-0.1, -0.05) is 0 Å². The molecule has 21 heavy (non-hydrogen) atoms. The zero-order valence-corrected chi connectivity index (χ0v) is 13.6. The van der Waals surface area contributed by atoms with Crippen LogP contribution < -0.4 is 5.32 Å². The number of amides is 1. The third kappa shape index (κ3) is 5.13. The predicted molar refractivity (Wildman–Crippen MR) is 86.9 cm³/mol. The molecule has 1 amide bonds. The SMILES string of the molecule is CC(C)NC(=O)CSCc1csc(-c2ccc(F)cc2)n1. The summed E-state index contributed by atoms with van der Waals surface area (Å²) < 4.78 is 12.9. The first-order valence-corrected chi connectivity index (χ1v) is 8.65. The van der Waals surface area contributed by atoms with Crippen molar-refractivity contribution in [2.45, 2.75) is 25.6 Å².